The molecule has 1 aromatic carbocycles. The van der Waals surface area contributed by atoms with E-state index in [1.807, 2.05) is 12.1 Å². The largest absolute Gasteiger partial charge is 0.497 e. The molecule has 0 aromatic heterocycles. The molecule has 1 aliphatic heterocycles. The number of nitrogens with one attached hydrogen (secondary N) is 1. The van der Waals surface area contributed by atoms with Gasteiger partial charge in [0.25, 0.3) is 0 Å². The Labute approximate surface area is 125 Å². The first-order chi connectivity index (χ1) is 10.3. The highest BCUT2D eigenvalue weighted by atomic mass is 16.5. The van der Waals surface area contributed by atoms with E-state index < -0.39 is 0 Å². The van der Waals surface area contributed by atoms with Gasteiger partial charge in [0.15, 0.2) is 0 Å². The van der Waals surface area contributed by atoms with Crippen molar-refractivity contribution >= 4 is 0 Å². The number of fused-ring (bicyclic) bond motifs is 1. The molecule has 0 fully saturated rings. The third-order valence-electron chi connectivity index (χ3n) is 4.31. The third kappa shape index (κ3) is 3.22. The minimum absolute atomic E-state index is 0.229. The summed E-state index contributed by atoms with van der Waals surface area (Å²) in [7, 11) is 1.69. The molecule has 4 heteroatoms. The number of benzene rings is 1. The first-order valence-corrected chi connectivity index (χ1v) is 7.66. The van der Waals surface area contributed by atoms with E-state index in [9.17, 15) is 5.11 Å². The fourth-order valence-electron chi connectivity index (χ4n) is 3.15. The minimum atomic E-state index is 0.229. The molecule has 4 nitrogen and oxygen atoms in total. The van der Waals surface area contributed by atoms with Gasteiger partial charge in [-0.05, 0) is 37.5 Å². The van der Waals surface area contributed by atoms with E-state index in [2.05, 4.69) is 23.5 Å². The van der Waals surface area contributed by atoms with Gasteiger partial charge >= 0.3 is 0 Å². The molecule has 2 N–H and O–H groups in total. The van der Waals surface area contributed by atoms with E-state index in [1.165, 1.54) is 5.56 Å². The molecule has 3 rings (SSSR count). The lowest BCUT2D eigenvalue weighted by molar-refractivity contribution is 0.244. The summed E-state index contributed by atoms with van der Waals surface area (Å²) < 4.78 is 11.2. The molecule has 0 bridgehead atoms. The minimum Gasteiger partial charge on any atom is -0.497 e. The Morgan fingerprint density at radius 1 is 1.38 bits per heavy atom. The van der Waals surface area contributed by atoms with Crippen molar-refractivity contribution in [1.82, 2.24) is 5.32 Å². The predicted molar refractivity (Wildman–Crippen MR) is 81.7 cm³/mol. The second kappa shape index (κ2) is 6.50. The molecule has 1 heterocycles. The topological polar surface area (TPSA) is 50.7 Å². The highest BCUT2D eigenvalue weighted by molar-refractivity contribution is 5.43. The Morgan fingerprint density at radius 2 is 2.29 bits per heavy atom. The van der Waals surface area contributed by atoms with Crippen molar-refractivity contribution in [2.45, 2.75) is 31.3 Å². The van der Waals surface area contributed by atoms with E-state index in [0.717, 1.165) is 37.4 Å². The molecule has 0 saturated heterocycles. The van der Waals surface area contributed by atoms with Crippen LogP contribution in [-0.2, 0) is 0 Å². The van der Waals surface area contributed by atoms with Crippen LogP contribution in [-0.4, -0.2) is 31.5 Å². The van der Waals surface area contributed by atoms with Gasteiger partial charge in [-0.1, -0.05) is 12.2 Å². The SMILES string of the molecule is COc1ccc2c(c1)C(N[C@@H]1C=C[C@H](CO)C1)CCCO2. The lowest BCUT2D eigenvalue weighted by atomic mass is 10.00. The van der Waals surface area contributed by atoms with E-state index in [0.29, 0.717) is 6.04 Å². The van der Waals surface area contributed by atoms with Gasteiger partial charge in [-0.25, -0.2) is 0 Å². The maximum atomic E-state index is 9.25. The van der Waals surface area contributed by atoms with Crippen molar-refractivity contribution < 1.29 is 14.6 Å². The van der Waals surface area contributed by atoms with Gasteiger partial charge < -0.3 is 19.9 Å². The molecule has 0 spiro atoms. The molecular formula is C17H23NO3. The number of aliphatic hydroxyl groups is 1. The van der Waals surface area contributed by atoms with Crippen LogP contribution < -0.4 is 14.8 Å². The average Bonchev–Trinajstić information content (AvgIpc) is 2.88. The molecule has 0 radical (unpaired) electrons. The fourth-order valence-corrected chi connectivity index (χ4v) is 3.15. The number of ether oxygens (including phenoxy) is 2. The lowest BCUT2D eigenvalue weighted by Crippen LogP contribution is -2.31. The molecule has 1 aromatic rings. The molecule has 0 saturated carbocycles. The number of hydrogen-bond donors (Lipinski definition) is 2. The van der Waals surface area contributed by atoms with Gasteiger partial charge in [-0.3, -0.25) is 0 Å². The van der Waals surface area contributed by atoms with Gasteiger partial charge in [0.2, 0.25) is 0 Å². The van der Waals surface area contributed by atoms with E-state index in [1.54, 1.807) is 7.11 Å². The smallest absolute Gasteiger partial charge is 0.124 e. The second-order valence-corrected chi connectivity index (χ2v) is 5.78. The predicted octanol–water partition coefficient (Wildman–Crippen LogP) is 2.44. The van der Waals surface area contributed by atoms with Gasteiger partial charge in [0.1, 0.15) is 11.5 Å². The van der Waals surface area contributed by atoms with Gasteiger partial charge in [0, 0.05) is 30.2 Å². The summed E-state index contributed by atoms with van der Waals surface area (Å²) in [6.07, 6.45) is 7.33. The summed E-state index contributed by atoms with van der Waals surface area (Å²) in [5.74, 6) is 2.10. The molecule has 2 aliphatic rings. The Balaban J connectivity index is 1.78. The Morgan fingerprint density at radius 3 is 3.05 bits per heavy atom. The summed E-state index contributed by atoms with van der Waals surface area (Å²) in [6.45, 7) is 0.990. The standard InChI is InChI=1S/C17H23NO3/c1-20-14-6-7-17-15(10-14)16(3-2-8-21-17)18-13-5-4-12(9-13)11-19/h4-7,10,12-13,16,18-19H,2-3,8-9,11H2,1H3/t12-,13+,16?/m0/s1. The summed E-state index contributed by atoms with van der Waals surface area (Å²) >= 11 is 0. The van der Waals surface area contributed by atoms with Gasteiger partial charge in [0.05, 0.1) is 13.7 Å². The zero-order valence-corrected chi connectivity index (χ0v) is 12.4. The molecule has 0 amide bonds. The number of methoxy groups -OCH3 is 1. The molecule has 114 valence electrons. The second-order valence-electron chi connectivity index (χ2n) is 5.78. The monoisotopic (exact) mass is 289 g/mol. The zero-order chi connectivity index (χ0) is 14.7. The summed E-state index contributed by atoms with van der Waals surface area (Å²) in [4.78, 5) is 0. The van der Waals surface area contributed by atoms with Crippen LogP contribution in [0.15, 0.2) is 30.4 Å². The molecular weight excluding hydrogens is 266 g/mol. The molecule has 1 aliphatic carbocycles. The Hall–Kier alpha value is -1.52. The molecule has 21 heavy (non-hydrogen) atoms. The molecule has 1 unspecified atom stereocenters. The van der Waals surface area contributed by atoms with E-state index in [4.69, 9.17) is 9.47 Å². The number of hydrogen-bond acceptors (Lipinski definition) is 4. The zero-order valence-electron chi connectivity index (χ0n) is 12.4. The van der Waals surface area contributed by atoms with Crippen LogP contribution in [0.25, 0.3) is 0 Å². The van der Waals surface area contributed by atoms with Crippen molar-refractivity contribution in [1.29, 1.82) is 0 Å². The first kappa shape index (κ1) is 14.4. The number of rotatable bonds is 4. The van der Waals surface area contributed by atoms with Crippen molar-refractivity contribution in [3.05, 3.63) is 35.9 Å². The van der Waals surface area contributed by atoms with Crippen LogP contribution in [0.1, 0.15) is 30.9 Å². The van der Waals surface area contributed by atoms with Crippen molar-refractivity contribution in [2.75, 3.05) is 20.3 Å². The van der Waals surface area contributed by atoms with Crippen LogP contribution in [0.2, 0.25) is 0 Å². The molecule has 3 atom stereocenters. The van der Waals surface area contributed by atoms with Crippen molar-refractivity contribution in [3.8, 4) is 11.5 Å². The average molecular weight is 289 g/mol. The number of aliphatic hydroxyl groups excluding tert-OH is 1. The maximum Gasteiger partial charge on any atom is 0.124 e. The van der Waals surface area contributed by atoms with Crippen molar-refractivity contribution in [3.63, 3.8) is 0 Å². The summed E-state index contributed by atoms with van der Waals surface area (Å²) in [5.41, 5.74) is 1.17. The first-order valence-electron chi connectivity index (χ1n) is 7.66. The van der Waals surface area contributed by atoms with Crippen LogP contribution in [0, 0.1) is 5.92 Å². The van der Waals surface area contributed by atoms with Gasteiger partial charge in [-0.2, -0.15) is 0 Å². The fraction of sp³-hybridized carbons (Fsp3) is 0.529. The highest BCUT2D eigenvalue weighted by Gasteiger charge is 2.25. The Kier molecular flexibility index (Phi) is 4.46. The Bertz CT molecular complexity index is 515. The summed E-state index contributed by atoms with van der Waals surface area (Å²) in [6, 6.07) is 6.60. The van der Waals surface area contributed by atoms with E-state index in [-0.39, 0.29) is 18.6 Å². The van der Waals surface area contributed by atoms with Crippen LogP contribution in [0.4, 0.5) is 0 Å². The quantitative estimate of drug-likeness (QED) is 0.836. The van der Waals surface area contributed by atoms with Crippen molar-refractivity contribution in [2.24, 2.45) is 5.92 Å². The van der Waals surface area contributed by atoms with Crippen LogP contribution in [0.3, 0.4) is 0 Å². The van der Waals surface area contributed by atoms with E-state index >= 15 is 0 Å². The summed E-state index contributed by atoms with van der Waals surface area (Å²) in [5, 5.41) is 12.9. The van der Waals surface area contributed by atoms with Gasteiger partial charge in [-0.15, -0.1) is 0 Å². The highest BCUT2D eigenvalue weighted by Crippen LogP contribution is 2.35. The van der Waals surface area contributed by atoms with Crippen LogP contribution in [0.5, 0.6) is 11.5 Å². The van der Waals surface area contributed by atoms with Crippen LogP contribution >= 0.6 is 0 Å². The normalized spacial score (nSPS) is 27.8. The maximum absolute atomic E-state index is 9.25. The third-order valence-corrected chi connectivity index (χ3v) is 4.31. The lowest BCUT2D eigenvalue weighted by Gasteiger charge is -2.23.